The van der Waals surface area contributed by atoms with Gasteiger partial charge in [0.2, 0.25) is 5.69 Å². The summed E-state index contributed by atoms with van der Waals surface area (Å²) in [6, 6.07) is 9.03. The molecule has 0 amide bonds. The van der Waals surface area contributed by atoms with Crippen molar-refractivity contribution < 1.29 is 40.4 Å². The fraction of sp³-hybridized carbons (Fsp3) is 0.450. The summed E-state index contributed by atoms with van der Waals surface area (Å²) in [4.78, 5) is 15.0. The van der Waals surface area contributed by atoms with Gasteiger partial charge in [-0.1, -0.05) is 71.4 Å². The maximum absolute atomic E-state index is 11.9. The van der Waals surface area contributed by atoms with Crippen molar-refractivity contribution in [3.8, 4) is 0 Å². The van der Waals surface area contributed by atoms with Gasteiger partial charge in [-0.2, -0.15) is 13.0 Å². The molecular formula is C40H55N3O8S2. The molecule has 0 bridgehead atoms. The molecule has 290 valence electrons. The zero-order valence-corrected chi connectivity index (χ0v) is 33.8. The molecule has 0 saturated carbocycles. The van der Waals surface area contributed by atoms with E-state index in [9.17, 15) is 30.7 Å². The number of carboxylic acid groups (broad SMARTS) is 1. The van der Waals surface area contributed by atoms with Crippen LogP contribution in [0.5, 0.6) is 0 Å². The Labute approximate surface area is 316 Å². The van der Waals surface area contributed by atoms with Crippen molar-refractivity contribution >= 4 is 43.3 Å². The van der Waals surface area contributed by atoms with E-state index in [0.29, 0.717) is 13.0 Å². The summed E-state index contributed by atoms with van der Waals surface area (Å²) in [7, 11) is -7.05. The zero-order valence-electron chi connectivity index (χ0n) is 32.2. The van der Waals surface area contributed by atoms with Crippen molar-refractivity contribution in [1.29, 1.82) is 0 Å². The average molecular weight is 770 g/mol. The minimum Gasteiger partial charge on any atom is -0.744 e. The van der Waals surface area contributed by atoms with Crippen LogP contribution in [-0.4, -0.2) is 85.4 Å². The van der Waals surface area contributed by atoms with Crippen LogP contribution in [-0.2, 0) is 35.9 Å². The first-order valence-corrected chi connectivity index (χ1v) is 20.8. The van der Waals surface area contributed by atoms with Gasteiger partial charge < -0.3 is 19.5 Å². The number of hydrogen-bond donors (Lipinski definition) is 2. The van der Waals surface area contributed by atoms with Crippen LogP contribution >= 0.6 is 0 Å². The fourth-order valence-corrected chi connectivity index (χ4v) is 7.91. The number of hydrogen-bond acceptors (Lipinski definition) is 8. The molecule has 2 aliphatic heterocycles. The molecule has 53 heavy (non-hydrogen) atoms. The number of nitrogens with zero attached hydrogens (tertiary/aromatic N) is 3. The number of benzene rings is 2. The van der Waals surface area contributed by atoms with Gasteiger partial charge >= 0.3 is 5.97 Å². The Kier molecular flexibility index (Phi) is 14.8. The highest BCUT2D eigenvalue weighted by Crippen LogP contribution is 2.48. The Morgan fingerprint density at radius 1 is 0.830 bits per heavy atom. The summed E-state index contributed by atoms with van der Waals surface area (Å²) < 4.78 is 70.1. The summed E-state index contributed by atoms with van der Waals surface area (Å²) in [6.07, 6.45) is 15.5. The maximum Gasteiger partial charge on any atom is 0.303 e. The molecule has 2 aromatic carbocycles. The summed E-state index contributed by atoms with van der Waals surface area (Å²) in [5.41, 5.74) is 4.00. The minimum absolute atomic E-state index is 0.110. The summed E-state index contributed by atoms with van der Waals surface area (Å²) in [6.45, 7) is 18.7. The van der Waals surface area contributed by atoms with Crippen molar-refractivity contribution in [2.75, 3.05) is 38.1 Å². The molecule has 13 heteroatoms. The van der Waals surface area contributed by atoms with Gasteiger partial charge in [0.1, 0.15) is 17.2 Å². The smallest absolute Gasteiger partial charge is 0.303 e. The van der Waals surface area contributed by atoms with Gasteiger partial charge in [0.15, 0.2) is 5.71 Å². The van der Waals surface area contributed by atoms with E-state index in [1.54, 1.807) is 12.1 Å². The molecule has 2 heterocycles. The molecule has 2 N–H and O–H groups in total. The Balaban J connectivity index is 0.000000980. The van der Waals surface area contributed by atoms with E-state index in [-0.39, 0.29) is 16.2 Å². The molecule has 2 aromatic rings. The van der Waals surface area contributed by atoms with Gasteiger partial charge in [0.05, 0.1) is 15.2 Å². The van der Waals surface area contributed by atoms with Crippen molar-refractivity contribution in [3.63, 3.8) is 0 Å². The lowest BCUT2D eigenvalue weighted by molar-refractivity contribution is -0.401. The van der Waals surface area contributed by atoms with Crippen LogP contribution < -0.4 is 4.90 Å². The maximum atomic E-state index is 11.9. The number of rotatable bonds is 15. The Hall–Kier alpha value is -3.88. The first kappa shape index (κ1) is 43.5. The largest absolute Gasteiger partial charge is 0.744 e. The predicted molar refractivity (Wildman–Crippen MR) is 210 cm³/mol. The van der Waals surface area contributed by atoms with Crippen molar-refractivity contribution in [2.45, 2.75) is 94.8 Å². The van der Waals surface area contributed by atoms with E-state index in [4.69, 9.17) is 5.11 Å². The van der Waals surface area contributed by atoms with Crippen LogP contribution in [0.15, 0.2) is 94.4 Å². The third-order valence-electron chi connectivity index (χ3n) is 10.0. The van der Waals surface area contributed by atoms with Crippen molar-refractivity contribution in [3.05, 3.63) is 95.8 Å². The molecule has 0 aliphatic carbocycles. The van der Waals surface area contributed by atoms with E-state index in [0.717, 1.165) is 46.8 Å². The average Bonchev–Trinajstić information content (AvgIpc) is 3.41. The van der Waals surface area contributed by atoms with Crippen LogP contribution in [0.3, 0.4) is 0 Å². The summed E-state index contributed by atoms with van der Waals surface area (Å²) in [5, 5.41) is 8.95. The van der Waals surface area contributed by atoms with Gasteiger partial charge in [-0.3, -0.25) is 9.35 Å². The number of carbonyl (C=O) groups is 1. The molecule has 0 saturated heterocycles. The van der Waals surface area contributed by atoms with Gasteiger partial charge in [-0.25, -0.2) is 8.42 Å². The Morgan fingerprint density at radius 3 is 1.98 bits per heavy atom. The van der Waals surface area contributed by atoms with E-state index in [2.05, 4.69) is 30.6 Å². The van der Waals surface area contributed by atoms with Crippen LogP contribution in [0.4, 0.5) is 11.4 Å². The second kappa shape index (κ2) is 18.0. The van der Waals surface area contributed by atoms with Crippen molar-refractivity contribution in [2.24, 2.45) is 0 Å². The first-order valence-electron chi connectivity index (χ1n) is 18.0. The predicted octanol–water partition coefficient (Wildman–Crippen LogP) is 7.19. The number of unbranched alkanes of at least 4 members (excludes halogenated alkanes) is 2. The minimum atomic E-state index is -4.57. The van der Waals surface area contributed by atoms with Crippen LogP contribution in [0.25, 0.3) is 0 Å². The molecule has 0 atom stereocenters. The quantitative estimate of drug-likeness (QED) is 0.0823. The van der Waals surface area contributed by atoms with Crippen LogP contribution in [0, 0.1) is 0 Å². The van der Waals surface area contributed by atoms with Gasteiger partial charge in [-0.15, -0.1) is 0 Å². The second-order valence-corrected chi connectivity index (χ2v) is 16.9. The van der Waals surface area contributed by atoms with Crippen molar-refractivity contribution in [1.82, 2.24) is 4.90 Å². The number of anilines is 1. The van der Waals surface area contributed by atoms with Crippen LogP contribution in [0.1, 0.15) is 85.3 Å². The van der Waals surface area contributed by atoms with E-state index >= 15 is 0 Å². The number of fused-ring (bicyclic) bond motifs is 2. The molecular weight excluding hydrogens is 715 g/mol. The first-order chi connectivity index (χ1) is 24.7. The SMILES string of the molecule is CCN(CC)CC.C[N+]1=C(/C=C/C=C/C=C/C=C2\N(CCCCCC(=O)O)c3ccc(S(=O)(=O)O)cc3C2(C)C)C(C)(C)c2cc(S(=O)(=O)[O-])ccc21. The monoisotopic (exact) mass is 769 g/mol. The highest BCUT2D eigenvalue weighted by Gasteiger charge is 2.43. The van der Waals surface area contributed by atoms with E-state index in [1.807, 2.05) is 81.9 Å². The second-order valence-electron chi connectivity index (χ2n) is 14.1. The zero-order chi connectivity index (χ0) is 39.8. The molecule has 4 rings (SSSR count). The lowest BCUT2D eigenvalue weighted by Gasteiger charge is -2.27. The third-order valence-corrected chi connectivity index (χ3v) is 11.7. The lowest BCUT2D eigenvalue weighted by atomic mass is 9.81. The van der Waals surface area contributed by atoms with Crippen LogP contribution in [0.2, 0.25) is 0 Å². The molecule has 11 nitrogen and oxygen atoms in total. The van der Waals surface area contributed by atoms with Gasteiger partial charge in [0.25, 0.3) is 10.1 Å². The third kappa shape index (κ3) is 10.6. The molecule has 0 aromatic heterocycles. The normalized spacial score (nSPS) is 17.3. The highest BCUT2D eigenvalue weighted by molar-refractivity contribution is 7.86. The molecule has 0 spiro atoms. The summed E-state index contributed by atoms with van der Waals surface area (Å²) in [5.74, 6) is -0.825. The Morgan fingerprint density at radius 2 is 1.42 bits per heavy atom. The standard InChI is InChI=1S/C34H40N2O8S2.C6H15N/c1-33(2)26-22-24(45(39,40)41)17-19-28(26)35(5)30(33)14-10-7-6-8-11-15-31-34(3,4)27-23-25(46(42,43)44)18-20-29(27)36(31)21-13-9-12-16-32(37)38;1-4-7(5-2)6-3/h6-8,10-11,14-15,17-20,22-23H,9,12-13,16,21H2,1-5H3,(H2-,37,38,39,40,41,42,43,44);4-6H2,1-3H3. The van der Waals surface area contributed by atoms with Gasteiger partial charge in [-0.05, 0) is 88.3 Å². The molecule has 0 fully saturated rings. The fourth-order valence-electron chi connectivity index (χ4n) is 6.91. The number of aliphatic carboxylic acids is 1. The van der Waals surface area contributed by atoms with Gasteiger partial charge in [0, 0.05) is 47.5 Å². The summed E-state index contributed by atoms with van der Waals surface area (Å²) >= 11 is 0. The topological polar surface area (TPSA) is 158 Å². The molecule has 0 unspecified atom stereocenters. The number of allylic oxidation sites excluding steroid dienone is 8. The lowest BCUT2D eigenvalue weighted by Crippen LogP contribution is -2.27. The molecule has 2 aliphatic rings. The number of carboxylic acids is 1. The highest BCUT2D eigenvalue weighted by atomic mass is 32.2. The van der Waals surface area contributed by atoms with E-state index in [1.165, 1.54) is 43.9 Å². The Bertz CT molecular complexity index is 2020. The molecule has 0 radical (unpaired) electrons. The van der Waals surface area contributed by atoms with E-state index < -0.39 is 37.0 Å².